The van der Waals surface area contributed by atoms with E-state index in [1.807, 2.05) is 19.1 Å². The van der Waals surface area contributed by atoms with E-state index in [4.69, 9.17) is 0 Å². The zero-order chi connectivity index (χ0) is 18.7. The maximum atomic E-state index is 12.4. The van der Waals surface area contributed by atoms with Crippen molar-refractivity contribution in [2.24, 2.45) is 11.8 Å². The Balaban J connectivity index is 1.64. The summed E-state index contributed by atoms with van der Waals surface area (Å²) in [6, 6.07) is 6.51. The first-order chi connectivity index (χ1) is 12.5. The Morgan fingerprint density at radius 3 is 2.38 bits per heavy atom. The van der Waals surface area contributed by atoms with Crippen LogP contribution in [0.5, 0.6) is 0 Å². The number of benzene rings is 1. The first kappa shape index (κ1) is 17.8. The SMILES string of the molecule is CCNC(=O)c1cccc(NC(=O)CN2C(=O)[C@@H]3CC=CC[C@H]3C2=O)c1. The number of carbonyl (C=O) groups is 4. The Labute approximate surface area is 151 Å². The van der Waals surface area contributed by atoms with Crippen LogP contribution in [0.1, 0.15) is 30.1 Å². The summed E-state index contributed by atoms with van der Waals surface area (Å²) in [5.41, 5.74) is 0.868. The number of hydrogen-bond acceptors (Lipinski definition) is 4. The van der Waals surface area contributed by atoms with E-state index in [0.717, 1.165) is 4.90 Å². The number of amides is 4. The first-order valence-electron chi connectivity index (χ1n) is 8.69. The molecule has 0 bridgehead atoms. The molecule has 1 saturated heterocycles. The molecular formula is C19H21N3O4. The lowest BCUT2D eigenvalue weighted by molar-refractivity contribution is -0.142. The highest BCUT2D eigenvalue weighted by Crippen LogP contribution is 2.34. The van der Waals surface area contributed by atoms with Gasteiger partial charge in [-0.25, -0.2) is 0 Å². The number of nitrogens with one attached hydrogen (secondary N) is 2. The highest BCUT2D eigenvalue weighted by molar-refractivity contribution is 6.09. The molecule has 1 aromatic rings. The average molecular weight is 355 g/mol. The molecule has 1 aliphatic heterocycles. The molecule has 1 aromatic carbocycles. The zero-order valence-corrected chi connectivity index (χ0v) is 14.5. The third-order valence-electron chi connectivity index (χ3n) is 4.65. The summed E-state index contributed by atoms with van der Waals surface area (Å²) in [4.78, 5) is 50.0. The van der Waals surface area contributed by atoms with Crippen molar-refractivity contribution in [3.05, 3.63) is 42.0 Å². The van der Waals surface area contributed by atoms with Crippen LogP contribution in [0.25, 0.3) is 0 Å². The van der Waals surface area contributed by atoms with E-state index >= 15 is 0 Å². The van der Waals surface area contributed by atoms with Gasteiger partial charge in [-0.3, -0.25) is 24.1 Å². The molecule has 1 fully saturated rings. The lowest BCUT2D eigenvalue weighted by Crippen LogP contribution is -2.38. The number of likely N-dealkylation sites (tertiary alicyclic amines) is 1. The maximum absolute atomic E-state index is 12.4. The van der Waals surface area contributed by atoms with E-state index in [-0.39, 0.29) is 36.1 Å². The van der Waals surface area contributed by atoms with Crippen molar-refractivity contribution < 1.29 is 19.2 Å². The minimum absolute atomic E-state index is 0.231. The quantitative estimate of drug-likeness (QED) is 0.615. The second-order valence-electron chi connectivity index (χ2n) is 6.41. The van der Waals surface area contributed by atoms with Crippen LogP contribution in [-0.2, 0) is 14.4 Å². The number of allylic oxidation sites excluding steroid dienone is 2. The predicted molar refractivity (Wildman–Crippen MR) is 95.2 cm³/mol. The molecule has 0 spiro atoms. The Kier molecular flexibility index (Phi) is 5.16. The van der Waals surface area contributed by atoms with E-state index in [1.165, 1.54) is 0 Å². The molecule has 3 rings (SSSR count). The maximum Gasteiger partial charge on any atom is 0.251 e. The summed E-state index contributed by atoms with van der Waals surface area (Å²) in [5.74, 6) is -1.95. The predicted octanol–water partition coefficient (Wildman–Crippen LogP) is 1.33. The lowest BCUT2D eigenvalue weighted by atomic mass is 9.85. The van der Waals surface area contributed by atoms with Crippen LogP contribution in [0.2, 0.25) is 0 Å². The summed E-state index contributed by atoms with van der Waals surface area (Å²) < 4.78 is 0. The van der Waals surface area contributed by atoms with E-state index in [1.54, 1.807) is 24.3 Å². The summed E-state index contributed by atoms with van der Waals surface area (Å²) in [5, 5.41) is 5.33. The van der Waals surface area contributed by atoms with Crippen LogP contribution < -0.4 is 10.6 Å². The molecule has 2 aliphatic rings. The minimum atomic E-state index is -0.466. The van der Waals surface area contributed by atoms with Crippen molar-refractivity contribution in [1.82, 2.24) is 10.2 Å². The van der Waals surface area contributed by atoms with E-state index < -0.39 is 5.91 Å². The molecule has 4 amide bonds. The number of imide groups is 1. The molecule has 1 heterocycles. The summed E-state index contributed by atoms with van der Waals surface area (Å²) in [6.45, 7) is 2.02. The van der Waals surface area contributed by atoms with Crippen molar-refractivity contribution >= 4 is 29.3 Å². The Morgan fingerprint density at radius 2 is 1.77 bits per heavy atom. The van der Waals surface area contributed by atoms with Crippen molar-refractivity contribution in [1.29, 1.82) is 0 Å². The van der Waals surface area contributed by atoms with E-state index in [9.17, 15) is 19.2 Å². The monoisotopic (exact) mass is 355 g/mol. The third kappa shape index (κ3) is 3.51. The van der Waals surface area contributed by atoms with Crippen molar-refractivity contribution in [2.75, 3.05) is 18.4 Å². The third-order valence-corrected chi connectivity index (χ3v) is 4.65. The second-order valence-corrected chi connectivity index (χ2v) is 6.41. The molecule has 1 aliphatic carbocycles. The molecule has 7 nitrogen and oxygen atoms in total. The molecule has 26 heavy (non-hydrogen) atoms. The fourth-order valence-electron chi connectivity index (χ4n) is 3.37. The number of anilines is 1. The van der Waals surface area contributed by atoms with Crippen LogP contribution in [0.4, 0.5) is 5.69 Å². The minimum Gasteiger partial charge on any atom is -0.352 e. The van der Waals surface area contributed by atoms with Crippen LogP contribution in [-0.4, -0.2) is 41.6 Å². The number of carbonyl (C=O) groups excluding carboxylic acids is 4. The largest absolute Gasteiger partial charge is 0.352 e. The van der Waals surface area contributed by atoms with E-state index in [0.29, 0.717) is 30.6 Å². The molecule has 7 heteroatoms. The highest BCUT2D eigenvalue weighted by atomic mass is 16.2. The van der Waals surface area contributed by atoms with Crippen LogP contribution in [0, 0.1) is 11.8 Å². The zero-order valence-electron chi connectivity index (χ0n) is 14.5. The van der Waals surface area contributed by atoms with Crippen LogP contribution in [0.15, 0.2) is 36.4 Å². The summed E-state index contributed by atoms with van der Waals surface area (Å²) in [7, 11) is 0. The van der Waals surface area contributed by atoms with Gasteiger partial charge in [0.05, 0.1) is 11.8 Å². The number of rotatable bonds is 5. The molecule has 2 atom stereocenters. The van der Waals surface area contributed by atoms with Gasteiger partial charge in [0.25, 0.3) is 5.91 Å². The lowest BCUT2D eigenvalue weighted by Gasteiger charge is -2.14. The van der Waals surface area contributed by atoms with Gasteiger partial charge in [0.1, 0.15) is 6.54 Å². The standard InChI is InChI=1S/C19H21N3O4/c1-2-20-17(24)12-6-5-7-13(10-12)21-16(23)11-22-18(25)14-8-3-4-9-15(14)19(22)26/h3-7,10,14-15H,2,8-9,11H2,1H3,(H,20,24)(H,21,23)/t14-,15-/m1/s1. The van der Waals surface area contributed by atoms with Gasteiger partial charge in [-0.1, -0.05) is 18.2 Å². The van der Waals surface area contributed by atoms with Crippen LogP contribution >= 0.6 is 0 Å². The molecule has 0 radical (unpaired) electrons. The van der Waals surface area contributed by atoms with Gasteiger partial charge in [-0.05, 0) is 38.0 Å². The number of nitrogens with zero attached hydrogens (tertiary/aromatic N) is 1. The van der Waals surface area contributed by atoms with Gasteiger partial charge in [0.2, 0.25) is 17.7 Å². The Morgan fingerprint density at radius 1 is 1.12 bits per heavy atom. The van der Waals surface area contributed by atoms with Crippen LogP contribution in [0.3, 0.4) is 0 Å². The molecule has 2 N–H and O–H groups in total. The van der Waals surface area contributed by atoms with E-state index in [2.05, 4.69) is 10.6 Å². The average Bonchev–Trinajstić information content (AvgIpc) is 2.87. The fourth-order valence-corrected chi connectivity index (χ4v) is 3.37. The number of fused-ring (bicyclic) bond motifs is 1. The molecule has 136 valence electrons. The van der Waals surface area contributed by atoms with Crippen molar-refractivity contribution in [2.45, 2.75) is 19.8 Å². The van der Waals surface area contributed by atoms with Gasteiger partial charge in [0, 0.05) is 17.8 Å². The fraction of sp³-hybridized carbons (Fsp3) is 0.368. The Hall–Kier alpha value is -2.96. The van der Waals surface area contributed by atoms with Gasteiger partial charge in [-0.2, -0.15) is 0 Å². The highest BCUT2D eigenvalue weighted by Gasteiger charge is 2.47. The summed E-state index contributed by atoms with van der Waals surface area (Å²) >= 11 is 0. The van der Waals surface area contributed by atoms with Gasteiger partial charge in [-0.15, -0.1) is 0 Å². The van der Waals surface area contributed by atoms with Gasteiger partial charge >= 0.3 is 0 Å². The molecule has 0 unspecified atom stereocenters. The number of hydrogen-bond donors (Lipinski definition) is 2. The molecule has 0 aromatic heterocycles. The van der Waals surface area contributed by atoms with Crippen molar-refractivity contribution in [3.8, 4) is 0 Å². The first-order valence-corrected chi connectivity index (χ1v) is 8.69. The normalized spacial score (nSPS) is 21.5. The topological polar surface area (TPSA) is 95.6 Å². The Bertz CT molecular complexity index is 761. The molecule has 0 saturated carbocycles. The molecular weight excluding hydrogens is 334 g/mol. The van der Waals surface area contributed by atoms with Gasteiger partial charge < -0.3 is 10.6 Å². The van der Waals surface area contributed by atoms with Crippen molar-refractivity contribution in [3.63, 3.8) is 0 Å². The van der Waals surface area contributed by atoms with Gasteiger partial charge in [0.15, 0.2) is 0 Å². The summed E-state index contributed by atoms with van der Waals surface area (Å²) in [6.07, 6.45) is 4.90. The smallest absolute Gasteiger partial charge is 0.251 e. The second kappa shape index (κ2) is 7.51.